The lowest BCUT2D eigenvalue weighted by molar-refractivity contribution is 0.144. The standard InChI is InChI=1S/C17H26FN3/c1-19-13-14-5-10-20-16(15(14)18)21-11-8-17(9-12-21)6-3-2-4-7-17/h5,10,19H,2-4,6-9,11-13H2,1H3. The minimum atomic E-state index is -0.147. The molecule has 1 aliphatic heterocycles. The minimum absolute atomic E-state index is 0.147. The van der Waals surface area contributed by atoms with E-state index in [-0.39, 0.29) is 5.82 Å². The lowest BCUT2D eigenvalue weighted by Gasteiger charge is -2.44. The Bertz CT molecular complexity index is 473. The Labute approximate surface area is 126 Å². The monoisotopic (exact) mass is 291 g/mol. The number of nitrogens with zero attached hydrogens (tertiary/aromatic N) is 2. The van der Waals surface area contributed by atoms with Gasteiger partial charge in [0.05, 0.1) is 0 Å². The van der Waals surface area contributed by atoms with Crippen LogP contribution in [0.1, 0.15) is 50.5 Å². The van der Waals surface area contributed by atoms with Crippen molar-refractivity contribution in [1.82, 2.24) is 10.3 Å². The van der Waals surface area contributed by atoms with Crippen molar-refractivity contribution in [3.8, 4) is 0 Å². The highest BCUT2D eigenvalue weighted by molar-refractivity contribution is 5.43. The molecule has 0 unspecified atom stereocenters. The Morgan fingerprint density at radius 3 is 2.57 bits per heavy atom. The molecule has 0 aromatic carbocycles. The molecule has 1 aromatic heterocycles. The second-order valence-corrected chi connectivity index (χ2v) is 6.69. The van der Waals surface area contributed by atoms with Gasteiger partial charge in [-0.2, -0.15) is 0 Å². The summed E-state index contributed by atoms with van der Waals surface area (Å²) < 4.78 is 14.5. The number of aromatic nitrogens is 1. The van der Waals surface area contributed by atoms with Crippen LogP contribution >= 0.6 is 0 Å². The summed E-state index contributed by atoms with van der Waals surface area (Å²) in [4.78, 5) is 6.45. The van der Waals surface area contributed by atoms with Crippen molar-refractivity contribution in [3.05, 3.63) is 23.6 Å². The van der Waals surface area contributed by atoms with Crippen LogP contribution in [0.3, 0.4) is 0 Å². The smallest absolute Gasteiger partial charge is 0.170 e. The molecule has 1 saturated heterocycles. The fourth-order valence-electron chi connectivity index (χ4n) is 4.01. The van der Waals surface area contributed by atoms with E-state index >= 15 is 0 Å². The van der Waals surface area contributed by atoms with Gasteiger partial charge in [-0.15, -0.1) is 0 Å². The van der Waals surface area contributed by atoms with Gasteiger partial charge in [0.25, 0.3) is 0 Å². The Morgan fingerprint density at radius 2 is 1.90 bits per heavy atom. The van der Waals surface area contributed by atoms with E-state index in [1.807, 2.05) is 7.05 Å². The molecule has 1 aromatic rings. The molecule has 3 nitrogen and oxygen atoms in total. The van der Waals surface area contributed by atoms with Gasteiger partial charge in [-0.25, -0.2) is 9.37 Å². The van der Waals surface area contributed by atoms with Crippen molar-refractivity contribution < 1.29 is 4.39 Å². The van der Waals surface area contributed by atoms with Crippen LogP contribution in [0.4, 0.5) is 10.2 Å². The maximum Gasteiger partial charge on any atom is 0.170 e. The van der Waals surface area contributed by atoms with Crippen LogP contribution in [0.5, 0.6) is 0 Å². The second-order valence-electron chi connectivity index (χ2n) is 6.69. The molecule has 2 fully saturated rings. The van der Waals surface area contributed by atoms with Crippen molar-refractivity contribution >= 4 is 5.82 Å². The summed E-state index contributed by atoms with van der Waals surface area (Å²) in [6, 6.07) is 1.77. The van der Waals surface area contributed by atoms with Gasteiger partial charge in [0.1, 0.15) is 0 Å². The van der Waals surface area contributed by atoms with Crippen LogP contribution in [0.15, 0.2) is 12.3 Å². The zero-order valence-corrected chi connectivity index (χ0v) is 13.0. The third-order valence-corrected chi connectivity index (χ3v) is 5.36. The third kappa shape index (κ3) is 3.05. The fraction of sp³-hybridized carbons (Fsp3) is 0.706. The van der Waals surface area contributed by atoms with Gasteiger partial charge in [0.15, 0.2) is 11.6 Å². The van der Waals surface area contributed by atoms with E-state index in [2.05, 4.69) is 15.2 Å². The highest BCUT2D eigenvalue weighted by Gasteiger charge is 2.36. The summed E-state index contributed by atoms with van der Waals surface area (Å²) in [5.41, 5.74) is 1.26. The first-order chi connectivity index (χ1) is 10.2. The summed E-state index contributed by atoms with van der Waals surface area (Å²) >= 11 is 0. The number of pyridine rings is 1. The molecule has 2 aliphatic rings. The first-order valence-corrected chi connectivity index (χ1v) is 8.27. The average Bonchev–Trinajstić information content (AvgIpc) is 2.52. The minimum Gasteiger partial charge on any atom is -0.354 e. The Hall–Kier alpha value is -1.16. The van der Waals surface area contributed by atoms with Crippen LogP contribution in [0, 0.1) is 11.2 Å². The highest BCUT2D eigenvalue weighted by Crippen LogP contribution is 2.45. The largest absolute Gasteiger partial charge is 0.354 e. The molecule has 1 spiro atoms. The van der Waals surface area contributed by atoms with E-state index in [0.29, 0.717) is 23.3 Å². The molecular formula is C17H26FN3. The lowest BCUT2D eigenvalue weighted by Crippen LogP contribution is -2.42. The topological polar surface area (TPSA) is 28.2 Å². The van der Waals surface area contributed by atoms with Gasteiger partial charge in [-0.3, -0.25) is 0 Å². The molecule has 0 bridgehead atoms. The molecule has 0 atom stereocenters. The molecule has 3 rings (SSSR count). The fourth-order valence-corrected chi connectivity index (χ4v) is 4.01. The van der Waals surface area contributed by atoms with Crippen molar-refractivity contribution in [1.29, 1.82) is 0 Å². The number of hydrogen-bond donors (Lipinski definition) is 1. The van der Waals surface area contributed by atoms with Gasteiger partial charge < -0.3 is 10.2 Å². The number of halogens is 1. The SMILES string of the molecule is CNCc1ccnc(N2CCC3(CCCCC3)CC2)c1F. The van der Waals surface area contributed by atoms with Crippen LogP contribution in [-0.4, -0.2) is 25.1 Å². The number of anilines is 1. The zero-order valence-electron chi connectivity index (χ0n) is 13.0. The zero-order chi connectivity index (χ0) is 14.7. The molecule has 1 N–H and O–H groups in total. The predicted octanol–water partition coefficient (Wildman–Crippen LogP) is 3.49. The summed E-state index contributed by atoms with van der Waals surface area (Å²) in [7, 11) is 1.84. The summed E-state index contributed by atoms with van der Waals surface area (Å²) in [5, 5.41) is 3.02. The molecule has 4 heteroatoms. The van der Waals surface area contributed by atoms with Gasteiger partial charge in [0, 0.05) is 31.4 Å². The molecule has 2 heterocycles. The Kier molecular flexibility index (Phi) is 4.43. The van der Waals surface area contributed by atoms with E-state index < -0.39 is 0 Å². The van der Waals surface area contributed by atoms with E-state index in [9.17, 15) is 4.39 Å². The number of nitrogens with one attached hydrogen (secondary N) is 1. The molecule has 21 heavy (non-hydrogen) atoms. The van der Waals surface area contributed by atoms with Crippen LogP contribution in [0.2, 0.25) is 0 Å². The van der Waals surface area contributed by atoms with Gasteiger partial charge >= 0.3 is 0 Å². The van der Waals surface area contributed by atoms with E-state index in [0.717, 1.165) is 13.1 Å². The summed E-state index contributed by atoms with van der Waals surface area (Å²) in [6.45, 7) is 2.46. The van der Waals surface area contributed by atoms with Crippen LogP contribution in [0.25, 0.3) is 0 Å². The first-order valence-electron chi connectivity index (χ1n) is 8.27. The van der Waals surface area contributed by atoms with Crippen molar-refractivity contribution in [2.45, 2.75) is 51.5 Å². The van der Waals surface area contributed by atoms with E-state index in [4.69, 9.17) is 0 Å². The molecular weight excluding hydrogens is 265 g/mol. The molecule has 0 amide bonds. The second kappa shape index (κ2) is 6.30. The van der Waals surface area contributed by atoms with Gasteiger partial charge in [0.2, 0.25) is 0 Å². The maximum atomic E-state index is 14.5. The van der Waals surface area contributed by atoms with Crippen molar-refractivity contribution in [2.24, 2.45) is 5.41 Å². The van der Waals surface area contributed by atoms with Gasteiger partial charge in [-0.1, -0.05) is 19.3 Å². The van der Waals surface area contributed by atoms with Crippen LogP contribution < -0.4 is 10.2 Å². The Balaban J connectivity index is 1.70. The first kappa shape index (κ1) is 14.8. The molecule has 116 valence electrons. The Morgan fingerprint density at radius 1 is 1.19 bits per heavy atom. The maximum absolute atomic E-state index is 14.5. The highest BCUT2D eigenvalue weighted by atomic mass is 19.1. The lowest BCUT2D eigenvalue weighted by atomic mass is 9.68. The molecule has 1 saturated carbocycles. The van der Waals surface area contributed by atoms with E-state index in [1.165, 1.54) is 44.9 Å². The van der Waals surface area contributed by atoms with Crippen molar-refractivity contribution in [2.75, 3.05) is 25.0 Å². The van der Waals surface area contributed by atoms with Crippen LogP contribution in [-0.2, 0) is 6.54 Å². The molecule has 1 aliphatic carbocycles. The summed E-state index contributed by atoms with van der Waals surface area (Å²) in [6.07, 6.45) is 11.0. The number of rotatable bonds is 3. The summed E-state index contributed by atoms with van der Waals surface area (Å²) in [5.74, 6) is 0.403. The molecule has 0 radical (unpaired) electrons. The quantitative estimate of drug-likeness (QED) is 0.924. The third-order valence-electron chi connectivity index (χ3n) is 5.36. The predicted molar refractivity (Wildman–Crippen MR) is 83.9 cm³/mol. The number of piperidine rings is 1. The van der Waals surface area contributed by atoms with E-state index in [1.54, 1.807) is 12.3 Å². The average molecular weight is 291 g/mol. The van der Waals surface area contributed by atoms with Crippen molar-refractivity contribution in [3.63, 3.8) is 0 Å². The normalized spacial score (nSPS) is 21.7. The number of hydrogen-bond acceptors (Lipinski definition) is 3. The van der Waals surface area contributed by atoms with Gasteiger partial charge in [-0.05, 0) is 44.2 Å².